The molecule has 1 aliphatic heterocycles. The molecule has 3 atom stereocenters. The van der Waals surface area contributed by atoms with Gasteiger partial charge in [0.1, 0.15) is 11.8 Å². The van der Waals surface area contributed by atoms with Crippen molar-refractivity contribution in [2.45, 2.75) is 69.7 Å². The molecule has 1 aromatic heterocycles. The maximum atomic E-state index is 14.1. The van der Waals surface area contributed by atoms with E-state index in [9.17, 15) is 27.9 Å². The van der Waals surface area contributed by atoms with Gasteiger partial charge in [-0.1, -0.05) is 44.2 Å². The third-order valence-corrected chi connectivity index (χ3v) is 10.9. The van der Waals surface area contributed by atoms with Crippen LogP contribution in [0.5, 0.6) is 5.75 Å². The Hall–Kier alpha value is -4.05. The number of hydrogen-bond acceptors (Lipinski definition) is 9. The number of sulfonamides is 1. The molecule has 0 radical (unpaired) electrons. The van der Waals surface area contributed by atoms with E-state index in [1.54, 1.807) is 17.0 Å². The van der Waals surface area contributed by atoms with Crippen molar-refractivity contribution >= 4 is 39.2 Å². The Morgan fingerprint density at radius 1 is 1.10 bits per heavy atom. The van der Waals surface area contributed by atoms with Gasteiger partial charge in [0.2, 0.25) is 21.8 Å². The van der Waals surface area contributed by atoms with E-state index in [1.165, 1.54) is 39.8 Å². The number of nitrogens with one attached hydrogen (secondary N) is 1. The molecule has 1 fully saturated rings. The molecule has 4 N–H and O–H groups in total. The van der Waals surface area contributed by atoms with Crippen molar-refractivity contribution in [3.8, 4) is 5.75 Å². The van der Waals surface area contributed by atoms with Crippen LogP contribution in [0.15, 0.2) is 64.9 Å². The van der Waals surface area contributed by atoms with Gasteiger partial charge in [-0.3, -0.25) is 9.59 Å². The van der Waals surface area contributed by atoms with Gasteiger partial charge >= 0.3 is 6.03 Å². The number of aromatic nitrogens is 1. The van der Waals surface area contributed by atoms with Gasteiger partial charge in [-0.05, 0) is 55.5 Å². The number of urea groups is 1. The van der Waals surface area contributed by atoms with Crippen molar-refractivity contribution in [2.24, 2.45) is 11.7 Å². The molecule has 1 saturated heterocycles. The van der Waals surface area contributed by atoms with E-state index in [4.69, 9.17) is 10.5 Å². The number of amides is 4. The van der Waals surface area contributed by atoms with Crippen LogP contribution in [0, 0.1) is 12.8 Å². The Bertz CT molecular complexity index is 1670. The number of carbonyl (C=O) groups excluding carboxylic acids is 3. The van der Waals surface area contributed by atoms with Gasteiger partial charge < -0.3 is 30.7 Å². The lowest BCUT2D eigenvalue weighted by Gasteiger charge is -2.33. The van der Waals surface area contributed by atoms with Crippen LogP contribution in [-0.2, 0) is 32.6 Å². The third kappa shape index (κ3) is 10.2. The molecule has 4 amide bonds. The molecular weight excluding hydrogens is 669 g/mol. The van der Waals surface area contributed by atoms with Crippen molar-refractivity contribution in [1.82, 2.24) is 24.4 Å². The number of thiazole rings is 1. The lowest BCUT2D eigenvalue weighted by atomic mass is 9.99. The first-order valence-electron chi connectivity index (χ1n) is 16.2. The second-order valence-electron chi connectivity index (χ2n) is 12.5. The van der Waals surface area contributed by atoms with Crippen LogP contribution in [0.25, 0.3) is 0 Å². The van der Waals surface area contributed by atoms with Gasteiger partial charge in [-0.25, -0.2) is 18.2 Å². The highest BCUT2D eigenvalue weighted by Crippen LogP contribution is 2.23. The van der Waals surface area contributed by atoms with E-state index < -0.39 is 40.0 Å². The molecule has 2 aromatic carbocycles. The van der Waals surface area contributed by atoms with Crippen molar-refractivity contribution in [2.75, 3.05) is 33.3 Å². The number of primary amides is 1. The number of aryl methyl sites for hydroxylation is 1. The maximum Gasteiger partial charge on any atom is 0.321 e. The van der Waals surface area contributed by atoms with Crippen LogP contribution >= 0.6 is 11.3 Å². The number of nitrogens with two attached hydrogens (primary N) is 1. The summed E-state index contributed by atoms with van der Waals surface area (Å²) in [6, 6.07) is 12.8. The van der Waals surface area contributed by atoms with Crippen LogP contribution in [0.4, 0.5) is 4.79 Å². The third-order valence-electron chi connectivity index (χ3n) is 8.24. The summed E-state index contributed by atoms with van der Waals surface area (Å²) in [5.41, 5.74) is 7.01. The highest BCUT2D eigenvalue weighted by Gasteiger charge is 2.39. The van der Waals surface area contributed by atoms with Gasteiger partial charge in [0.05, 0.1) is 41.4 Å². The Morgan fingerprint density at radius 2 is 1.80 bits per heavy atom. The number of aliphatic hydroxyl groups is 1. The summed E-state index contributed by atoms with van der Waals surface area (Å²) in [6.07, 6.45) is -1.32. The zero-order chi connectivity index (χ0) is 35.7. The van der Waals surface area contributed by atoms with E-state index in [1.807, 2.05) is 56.5 Å². The lowest BCUT2D eigenvalue weighted by molar-refractivity contribution is -0.127. The topological polar surface area (TPSA) is 175 Å². The number of benzene rings is 2. The van der Waals surface area contributed by atoms with Gasteiger partial charge in [0, 0.05) is 38.0 Å². The second-order valence-corrected chi connectivity index (χ2v) is 15.5. The molecule has 2 heterocycles. The summed E-state index contributed by atoms with van der Waals surface area (Å²) in [7, 11) is -2.56. The molecule has 1 aliphatic rings. The first-order chi connectivity index (χ1) is 23.3. The second kappa shape index (κ2) is 17.1. The molecule has 0 bridgehead atoms. The predicted octanol–water partition coefficient (Wildman–Crippen LogP) is 2.77. The Balaban J connectivity index is 1.59. The Morgan fingerprint density at radius 3 is 2.39 bits per heavy atom. The fourth-order valence-corrected chi connectivity index (χ4v) is 7.99. The van der Waals surface area contributed by atoms with Gasteiger partial charge in [0.25, 0.3) is 0 Å². The summed E-state index contributed by atoms with van der Waals surface area (Å²) in [5.74, 6) is -0.760. The van der Waals surface area contributed by atoms with Crippen molar-refractivity contribution in [3.63, 3.8) is 0 Å². The van der Waals surface area contributed by atoms with Crippen molar-refractivity contribution in [3.05, 3.63) is 76.2 Å². The number of hydrogen-bond donors (Lipinski definition) is 3. The SMILES string of the molecule is COc1ccc(S(=O)(=O)N(CC(C)C)C[C@@H](O)[C@H](Cc2ccccc2)NC(=O)C(CCC(N)=O)N2CCN(Cc3csc(C)n3)C2=O)cc1. The molecular formula is C34H46N6O7S2. The van der Waals surface area contributed by atoms with Gasteiger partial charge in [0.15, 0.2) is 0 Å². The molecule has 0 aliphatic carbocycles. The number of carbonyl (C=O) groups is 3. The number of rotatable bonds is 18. The average molecular weight is 715 g/mol. The quantitative estimate of drug-likeness (QED) is 0.180. The largest absolute Gasteiger partial charge is 0.497 e. The Labute approximate surface area is 292 Å². The normalized spacial score (nSPS) is 15.4. The molecule has 0 saturated carbocycles. The van der Waals surface area contributed by atoms with Gasteiger partial charge in [-0.2, -0.15) is 4.31 Å². The van der Waals surface area contributed by atoms with Crippen LogP contribution in [0.3, 0.4) is 0 Å². The number of aliphatic hydroxyl groups excluding tert-OH is 1. The molecule has 3 aromatic rings. The minimum atomic E-state index is -4.05. The zero-order valence-corrected chi connectivity index (χ0v) is 30.0. The number of nitrogens with zero attached hydrogens (tertiary/aromatic N) is 4. The number of ether oxygens (including phenoxy) is 1. The molecule has 13 nitrogen and oxygen atoms in total. The van der Waals surface area contributed by atoms with Crippen molar-refractivity contribution in [1.29, 1.82) is 0 Å². The minimum Gasteiger partial charge on any atom is -0.497 e. The molecule has 49 heavy (non-hydrogen) atoms. The van der Waals surface area contributed by atoms with Crippen LogP contribution < -0.4 is 15.8 Å². The fraction of sp³-hybridized carbons (Fsp3) is 0.471. The lowest BCUT2D eigenvalue weighted by Crippen LogP contribution is -2.56. The molecule has 266 valence electrons. The summed E-state index contributed by atoms with van der Waals surface area (Å²) in [5, 5.41) is 17.4. The zero-order valence-electron chi connectivity index (χ0n) is 28.3. The van der Waals surface area contributed by atoms with Gasteiger partial charge in [-0.15, -0.1) is 11.3 Å². The van der Waals surface area contributed by atoms with E-state index in [0.717, 1.165) is 16.3 Å². The van der Waals surface area contributed by atoms with E-state index >= 15 is 0 Å². The smallest absolute Gasteiger partial charge is 0.321 e. The van der Waals surface area contributed by atoms with E-state index in [-0.39, 0.29) is 62.3 Å². The first-order valence-corrected chi connectivity index (χ1v) is 18.5. The highest BCUT2D eigenvalue weighted by atomic mass is 32.2. The first kappa shape index (κ1) is 37.8. The minimum absolute atomic E-state index is 0.0178. The van der Waals surface area contributed by atoms with Crippen LogP contribution in [0.1, 0.15) is 43.0 Å². The number of methoxy groups -OCH3 is 1. The fourth-order valence-electron chi connectivity index (χ4n) is 5.76. The summed E-state index contributed by atoms with van der Waals surface area (Å²) in [6.45, 7) is 6.34. The molecule has 15 heteroatoms. The van der Waals surface area contributed by atoms with Crippen LogP contribution in [0.2, 0.25) is 0 Å². The Kier molecular flexibility index (Phi) is 13.1. The van der Waals surface area contributed by atoms with E-state index in [0.29, 0.717) is 12.3 Å². The van der Waals surface area contributed by atoms with Crippen LogP contribution in [-0.4, -0.2) is 102 Å². The summed E-state index contributed by atoms with van der Waals surface area (Å²) >= 11 is 1.48. The monoisotopic (exact) mass is 714 g/mol. The summed E-state index contributed by atoms with van der Waals surface area (Å²) in [4.78, 5) is 46.9. The molecule has 1 unspecified atom stereocenters. The molecule has 4 rings (SSSR count). The standard InChI is InChI=1S/C34H46N6O7S2/c1-23(2)19-39(49(45,46)28-12-10-27(47-4)11-13-28)21-31(41)29(18-25-8-6-5-7-9-25)37-33(43)30(14-15-32(35)42)40-17-16-38(34(40)44)20-26-22-48-24(3)36-26/h5-13,22-23,29-31,41H,14-21H2,1-4H3,(H2,35,42)(H,37,43)/t29-,30?,31+/m0/s1. The molecule has 0 spiro atoms. The summed E-state index contributed by atoms with van der Waals surface area (Å²) < 4.78 is 34.1. The van der Waals surface area contributed by atoms with Crippen molar-refractivity contribution < 1.29 is 32.6 Å². The predicted molar refractivity (Wildman–Crippen MR) is 186 cm³/mol. The van der Waals surface area contributed by atoms with E-state index in [2.05, 4.69) is 10.3 Å². The average Bonchev–Trinajstić information content (AvgIpc) is 3.64. The maximum absolute atomic E-state index is 14.1. The highest BCUT2D eigenvalue weighted by molar-refractivity contribution is 7.89.